The van der Waals surface area contributed by atoms with Gasteiger partial charge in [-0.05, 0) is 48.6 Å². The van der Waals surface area contributed by atoms with E-state index in [0.717, 1.165) is 20.8 Å². The Labute approximate surface area is 182 Å². The van der Waals surface area contributed by atoms with E-state index in [1.807, 2.05) is 18.2 Å². The number of amides is 1. The molecular formula is C23H19N5O2S. The van der Waals surface area contributed by atoms with Crippen LogP contribution in [0.5, 0.6) is 0 Å². The fourth-order valence-corrected chi connectivity index (χ4v) is 4.51. The van der Waals surface area contributed by atoms with Crippen LogP contribution in [0.4, 0.5) is 0 Å². The van der Waals surface area contributed by atoms with E-state index < -0.39 is 5.54 Å². The third-order valence-electron chi connectivity index (χ3n) is 5.35. The summed E-state index contributed by atoms with van der Waals surface area (Å²) in [7, 11) is 0. The smallest absolute Gasteiger partial charge is 0.230 e. The normalized spacial score (nSPS) is 14.3. The van der Waals surface area contributed by atoms with Gasteiger partial charge in [-0.25, -0.2) is 4.98 Å². The zero-order valence-electron chi connectivity index (χ0n) is 16.9. The van der Waals surface area contributed by atoms with Gasteiger partial charge in [-0.2, -0.15) is 5.26 Å². The van der Waals surface area contributed by atoms with Crippen LogP contribution < -0.4 is 5.32 Å². The molecule has 0 radical (unpaired) electrons. The summed E-state index contributed by atoms with van der Waals surface area (Å²) in [6.45, 7) is 2.11. The zero-order valence-corrected chi connectivity index (χ0v) is 17.7. The molecule has 0 aliphatic heterocycles. The van der Waals surface area contributed by atoms with Gasteiger partial charge in [-0.15, -0.1) is 21.5 Å². The number of rotatable bonds is 6. The van der Waals surface area contributed by atoms with Gasteiger partial charge in [0.05, 0.1) is 22.7 Å². The van der Waals surface area contributed by atoms with Gasteiger partial charge in [0.2, 0.25) is 17.7 Å². The van der Waals surface area contributed by atoms with Crippen LogP contribution in [-0.2, 0) is 17.6 Å². The van der Waals surface area contributed by atoms with E-state index in [1.54, 1.807) is 11.3 Å². The van der Waals surface area contributed by atoms with Crippen molar-refractivity contribution in [3.05, 3.63) is 64.8 Å². The van der Waals surface area contributed by atoms with Crippen molar-refractivity contribution >= 4 is 27.5 Å². The summed E-state index contributed by atoms with van der Waals surface area (Å²) in [5.74, 6) is 0.379. The predicted molar refractivity (Wildman–Crippen MR) is 116 cm³/mol. The fourth-order valence-electron chi connectivity index (χ4n) is 3.51. The number of aryl methyl sites for hydroxylation is 1. The molecule has 1 fully saturated rings. The van der Waals surface area contributed by atoms with Crippen LogP contribution in [0.1, 0.15) is 35.2 Å². The predicted octanol–water partition coefficient (Wildman–Crippen LogP) is 3.96. The summed E-state index contributed by atoms with van der Waals surface area (Å²) in [6.07, 6.45) is 1.76. The lowest BCUT2D eigenvalue weighted by atomic mass is 10.0. The van der Waals surface area contributed by atoms with Gasteiger partial charge in [0, 0.05) is 0 Å². The third-order valence-corrected chi connectivity index (χ3v) is 6.37. The molecular weight excluding hydrogens is 410 g/mol. The summed E-state index contributed by atoms with van der Waals surface area (Å²) < 4.78 is 6.73. The monoisotopic (exact) mass is 429 g/mol. The van der Waals surface area contributed by atoms with E-state index in [-0.39, 0.29) is 18.2 Å². The molecule has 154 valence electrons. The Morgan fingerprint density at radius 2 is 2.03 bits per heavy atom. The quantitative estimate of drug-likeness (QED) is 0.497. The average Bonchev–Trinajstić information content (AvgIpc) is 3.20. The Balaban J connectivity index is 1.29. The van der Waals surface area contributed by atoms with Crippen molar-refractivity contribution in [3.63, 3.8) is 0 Å². The number of carbonyl (C=O) groups is 1. The SMILES string of the molecule is Cc1ccccc1-c1ccc2nc(Cc3nnc(CC(=O)NC4(C#N)CC4)o3)sc2c1. The molecule has 1 aliphatic carbocycles. The van der Waals surface area contributed by atoms with E-state index in [9.17, 15) is 4.79 Å². The highest BCUT2D eigenvalue weighted by molar-refractivity contribution is 7.18. The summed E-state index contributed by atoms with van der Waals surface area (Å²) in [5, 5.41) is 20.7. The number of hydrogen-bond donors (Lipinski definition) is 1. The highest BCUT2D eigenvalue weighted by atomic mass is 32.1. The molecule has 0 atom stereocenters. The van der Waals surface area contributed by atoms with Gasteiger partial charge in [-0.1, -0.05) is 30.3 Å². The molecule has 8 heteroatoms. The second-order valence-electron chi connectivity index (χ2n) is 7.79. The second-order valence-corrected chi connectivity index (χ2v) is 8.91. The highest BCUT2D eigenvalue weighted by Gasteiger charge is 2.44. The summed E-state index contributed by atoms with van der Waals surface area (Å²) in [6, 6.07) is 16.7. The number of hydrogen-bond acceptors (Lipinski definition) is 7. The van der Waals surface area contributed by atoms with Crippen molar-refractivity contribution in [2.75, 3.05) is 0 Å². The van der Waals surface area contributed by atoms with Crippen LogP contribution in [0.3, 0.4) is 0 Å². The third kappa shape index (κ3) is 4.05. The first-order valence-corrected chi connectivity index (χ1v) is 10.8. The minimum Gasteiger partial charge on any atom is -0.424 e. The van der Waals surface area contributed by atoms with Crippen LogP contribution in [0.25, 0.3) is 21.3 Å². The number of thiazole rings is 1. The molecule has 1 saturated carbocycles. The molecule has 2 aromatic carbocycles. The molecule has 2 heterocycles. The van der Waals surface area contributed by atoms with Crippen molar-refractivity contribution in [1.29, 1.82) is 5.26 Å². The number of aromatic nitrogens is 3. The number of nitrogens with one attached hydrogen (secondary N) is 1. The molecule has 31 heavy (non-hydrogen) atoms. The van der Waals surface area contributed by atoms with Gasteiger partial charge >= 0.3 is 0 Å². The van der Waals surface area contributed by atoms with Gasteiger partial charge in [-0.3, -0.25) is 4.79 Å². The van der Waals surface area contributed by atoms with Crippen LogP contribution in [0.2, 0.25) is 0 Å². The van der Waals surface area contributed by atoms with Gasteiger partial charge in [0.1, 0.15) is 17.0 Å². The van der Waals surface area contributed by atoms with Crippen LogP contribution in [0.15, 0.2) is 46.9 Å². The Hall–Kier alpha value is -3.57. The van der Waals surface area contributed by atoms with Crippen LogP contribution in [-0.4, -0.2) is 26.6 Å². The van der Waals surface area contributed by atoms with E-state index in [4.69, 9.17) is 9.68 Å². The molecule has 4 aromatic rings. The average molecular weight is 430 g/mol. The molecule has 0 spiro atoms. The molecule has 0 unspecified atom stereocenters. The Kier molecular flexibility index (Phi) is 4.75. The van der Waals surface area contributed by atoms with Crippen LogP contribution >= 0.6 is 11.3 Å². The van der Waals surface area contributed by atoms with Gasteiger partial charge in [0.25, 0.3) is 0 Å². The molecule has 0 saturated heterocycles. The van der Waals surface area contributed by atoms with Crippen molar-refractivity contribution in [2.45, 2.75) is 38.1 Å². The summed E-state index contributed by atoms with van der Waals surface area (Å²) >= 11 is 1.59. The lowest BCUT2D eigenvalue weighted by Crippen LogP contribution is -2.36. The summed E-state index contributed by atoms with van der Waals surface area (Å²) in [4.78, 5) is 16.8. The lowest BCUT2D eigenvalue weighted by molar-refractivity contribution is -0.121. The number of nitrogens with zero attached hydrogens (tertiary/aromatic N) is 4. The topological polar surface area (TPSA) is 105 Å². The number of fused-ring (bicyclic) bond motifs is 1. The molecule has 2 aromatic heterocycles. The maximum Gasteiger partial charge on any atom is 0.230 e. The zero-order chi connectivity index (χ0) is 21.4. The first-order chi connectivity index (χ1) is 15.0. The summed E-state index contributed by atoms with van der Waals surface area (Å²) in [5.41, 5.74) is 3.85. The molecule has 1 aliphatic rings. The lowest BCUT2D eigenvalue weighted by Gasteiger charge is -2.06. The maximum absolute atomic E-state index is 12.1. The van der Waals surface area contributed by atoms with Gasteiger partial charge < -0.3 is 9.73 Å². The Morgan fingerprint density at radius 3 is 2.81 bits per heavy atom. The van der Waals surface area contributed by atoms with Gasteiger partial charge in [0.15, 0.2) is 0 Å². The highest BCUT2D eigenvalue weighted by Crippen LogP contribution is 2.34. The molecule has 1 N–H and O–H groups in total. The van der Waals surface area contributed by atoms with Crippen molar-refractivity contribution in [1.82, 2.24) is 20.5 Å². The van der Waals surface area contributed by atoms with Crippen molar-refractivity contribution in [3.8, 4) is 17.2 Å². The van der Waals surface area contributed by atoms with E-state index in [2.05, 4.69) is 57.8 Å². The molecule has 0 bridgehead atoms. The minimum atomic E-state index is -0.696. The fraction of sp³-hybridized carbons (Fsp3) is 0.261. The van der Waals surface area contributed by atoms with Crippen LogP contribution in [0, 0.1) is 18.3 Å². The maximum atomic E-state index is 12.1. The standard InChI is InChI=1S/C23H19N5O2S/c1-14-4-2-3-5-16(14)15-6-7-17-18(10-15)31-22(25-17)12-21-28-27-20(30-21)11-19(29)26-23(13-24)8-9-23/h2-7,10H,8-9,11-12H2,1H3,(H,26,29). The van der Waals surface area contributed by atoms with E-state index >= 15 is 0 Å². The first-order valence-electron chi connectivity index (χ1n) is 10.0. The second kappa shape index (κ2) is 7.60. The Morgan fingerprint density at radius 1 is 1.23 bits per heavy atom. The van der Waals surface area contributed by atoms with E-state index in [0.29, 0.717) is 25.2 Å². The number of benzene rings is 2. The van der Waals surface area contributed by atoms with Crippen molar-refractivity contribution in [2.24, 2.45) is 0 Å². The largest absolute Gasteiger partial charge is 0.424 e. The van der Waals surface area contributed by atoms with E-state index in [1.165, 1.54) is 11.1 Å². The van der Waals surface area contributed by atoms with Crippen molar-refractivity contribution < 1.29 is 9.21 Å². The Bertz CT molecular complexity index is 1330. The minimum absolute atomic E-state index is 0.0317. The number of nitriles is 1. The first kappa shape index (κ1) is 19.4. The molecule has 1 amide bonds. The molecule has 7 nitrogen and oxygen atoms in total. The number of carbonyl (C=O) groups excluding carboxylic acids is 1. The molecule has 5 rings (SSSR count).